The smallest absolute Gasteiger partial charge is 0.160 e. The van der Waals surface area contributed by atoms with Gasteiger partial charge in [0, 0.05) is 12.0 Å². The second-order valence-electron chi connectivity index (χ2n) is 5.07. The maximum Gasteiger partial charge on any atom is 0.160 e. The van der Waals surface area contributed by atoms with Crippen LogP contribution in [-0.2, 0) is 9.59 Å². The van der Waals surface area contributed by atoms with Gasteiger partial charge < -0.3 is 4.79 Å². The predicted molar refractivity (Wildman–Crippen MR) is 78.8 cm³/mol. The van der Waals surface area contributed by atoms with Gasteiger partial charge in [-0.15, -0.1) is 0 Å². The summed E-state index contributed by atoms with van der Waals surface area (Å²) in [7, 11) is 0. The van der Waals surface area contributed by atoms with Gasteiger partial charge >= 0.3 is 0 Å². The summed E-state index contributed by atoms with van der Waals surface area (Å²) in [6.07, 6.45) is 4.47. The van der Waals surface area contributed by atoms with E-state index < -0.39 is 0 Å². The summed E-state index contributed by atoms with van der Waals surface area (Å²) in [5.74, 6) is 0.620. The summed E-state index contributed by atoms with van der Waals surface area (Å²) in [5.41, 5.74) is 1.74. The van der Waals surface area contributed by atoms with Gasteiger partial charge in [0.25, 0.3) is 0 Å². The highest BCUT2D eigenvalue weighted by atomic mass is 16.1. The lowest BCUT2D eigenvalue weighted by Crippen LogP contribution is -2.01. The van der Waals surface area contributed by atoms with Gasteiger partial charge in [-0.25, -0.2) is 0 Å². The van der Waals surface area contributed by atoms with E-state index in [1.807, 2.05) is 36.4 Å². The first-order valence-electron chi connectivity index (χ1n) is 6.78. The highest BCUT2D eigenvalue weighted by Gasteiger charge is 2.09. The van der Waals surface area contributed by atoms with E-state index in [9.17, 15) is 9.59 Å². The molecule has 0 N–H and O–H groups in total. The Kier molecular flexibility index (Phi) is 6.20. The quantitative estimate of drug-likeness (QED) is 0.691. The first kappa shape index (κ1) is 15.4. The fourth-order valence-corrected chi connectivity index (χ4v) is 2.08. The summed E-state index contributed by atoms with van der Waals surface area (Å²) in [5, 5.41) is 0. The van der Waals surface area contributed by atoms with Crippen molar-refractivity contribution in [2.45, 2.75) is 40.0 Å². The van der Waals surface area contributed by atoms with Crippen molar-refractivity contribution in [1.29, 1.82) is 0 Å². The molecule has 0 saturated heterocycles. The molecule has 1 aromatic rings. The lowest BCUT2D eigenvalue weighted by Gasteiger charge is -2.09. The predicted octanol–water partition coefficient (Wildman–Crippen LogP) is 4.05. The third kappa shape index (κ3) is 5.64. The van der Waals surface area contributed by atoms with E-state index in [1.165, 1.54) is 0 Å². The van der Waals surface area contributed by atoms with Crippen LogP contribution < -0.4 is 0 Å². The van der Waals surface area contributed by atoms with E-state index in [4.69, 9.17) is 0 Å². The first-order valence-corrected chi connectivity index (χ1v) is 6.78. The second kappa shape index (κ2) is 7.67. The van der Waals surface area contributed by atoms with Crippen LogP contribution in [0.3, 0.4) is 0 Å². The van der Waals surface area contributed by atoms with Gasteiger partial charge in [-0.05, 0) is 38.2 Å². The monoisotopic (exact) mass is 258 g/mol. The number of hydrogen-bond donors (Lipinski definition) is 0. The molecule has 1 atom stereocenters. The van der Waals surface area contributed by atoms with Gasteiger partial charge in [0.2, 0.25) is 0 Å². The van der Waals surface area contributed by atoms with Crippen LogP contribution in [-0.4, -0.2) is 11.6 Å². The molecule has 0 heterocycles. The summed E-state index contributed by atoms with van der Waals surface area (Å²) in [6, 6.07) is 9.72. The second-order valence-corrected chi connectivity index (χ2v) is 5.07. The lowest BCUT2D eigenvalue weighted by molar-refractivity contribution is -0.117. The Bertz CT molecular complexity index is 457. The summed E-state index contributed by atoms with van der Waals surface area (Å²) >= 11 is 0. The van der Waals surface area contributed by atoms with Crippen LogP contribution in [0.1, 0.15) is 45.6 Å². The van der Waals surface area contributed by atoms with Crippen molar-refractivity contribution in [3.05, 3.63) is 42.0 Å². The molecule has 19 heavy (non-hydrogen) atoms. The molecule has 102 valence electrons. The van der Waals surface area contributed by atoms with Gasteiger partial charge in [0.1, 0.15) is 5.78 Å². The molecule has 0 aromatic heterocycles. The van der Waals surface area contributed by atoms with Crippen molar-refractivity contribution in [3.8, 4) is 0 Å². The Morgan fingerprint density at radius 1 is 1.16 bits per heavy atom. The maximum absolute atomic E-state index is 11.7. The summed E-state index contributed by atoms with van der Waals surface area (Å²) in [4.78, 5) is 22.6. The molecule has 0 radical (unpaired) electrons. The van der Waals surface area contributed by atoms with Crippen molar-refractivity contribution in [3.63, 3.8) is 0 Å². The molecule has 0 aliphatic carbocycles. The minimum atomic E-state index is 0.0876. The molecular formula is C17H22O2. The minimum Gasteiger partial charge on any atom is -0.300 e. The molecule has 0 aliphatic heterocycles. The fraction of sp³-hybridized carbons (Fsp3) is 0.412. The number of allylic oxidation sites excluding steroid dienone is 2. The van der Waals surface area contributed by atoms with E-state index in [0.717, 1.165) is 24.0 Å². The van der Waals surface area contributed by atoms with Gasteiger partial charge in [0.15, 0.2) is 5.78 Å². The van der Waals surface area contributed by atoms with E-state index >= 15 is 0 Å². The van der Waals surface area contributed by atoms with Gasteiger partial charge in [-0.1, -0.05) is 43.3 Å². The summed E-state index contributed by atoms with van der Waals surface area (Å²) < 4.78 is 0. The van der Waals surface area contributed by atoms with Crippen molar-refractivity contribution in [2.24, 2.45) is 5.92 Å². The highest BCUT2D eigenvalue weighted by molar-refractivity contribution is 6.19. The number of carbonyl (C=O) groups excluding carboxylic acids is 2. The van der Waals surface area contributed by atoms with E-state index in [1.54, 1.807) is 13.8 Å². The van der Waals surface area contributed by atoms with Crippen LogP contribution in [0.15, 0.2) is 36.4 Å². The topological polar surface area (TPSA) is 34.1 Å². The Hall–Kier alpha value is -1.70. The average molecular weight is 258 g/mol. The zero-order valence-corrected chi connectivity index (χ0v) is 12.0. The number of hydrogen-bond acceptors (Lipinski definition) is 2. The normalized spacial score (nSPS) is 13.1. The lowest BCUT2D eigenvalue weighted by atomic mass is 9.95. The van der Waals surface area contributed by atoms with Gasteiger partial charge in [0.05, 0.1) is 0 Å². The molecule has 2 nitrogen and oxygen atoms in total. The Morgan fingerprint density at radius 2 is 1.79 bits per heavy atom. The fourth-order valence-electron chi connectivity index (χ4n) is 2.08. The van der Waals surface area contributed by atoms with Crippen LogP contribution in [0.5, 0.6) is 0 Å². The van der Waals surface area contributed by atoms with Crippen molar-refractivity contribution in [1.82, 2.24) is 0 Å². The van der Waals surface area contributed by atoms with Crippen LogP contribution in [0.25, 0.3) is 5.57 Å². The SMILES string of the molecule is CC(=O)CCCC(C)/C=C(\C(C)=O)c1ccccc1. The third-order valence-electron chi connectivity index (χ3n) is 3.10. The molecule has 1 aromatic carbocycles. The zero-order chi connectivity index (χ0) is 14.3. The largest absolute Gasteiger partial charge is 0.300 e. The Labute approximate surface area is 115 Å². The van der Waals surface area contributed by atoms with Crippen molar-refractivity contribution in [2.75, 3.05) is 0 Å². The number of ketones is 2. The Morgan fingerprint density at radius 3 is 2.32 bits per heavy atom. The van der Waals surface area contributed by atoms with Crippen LogP contribution >= 0.6 is 0 Å². The highest BCUT2D eigenvalue weighted by Crippen LogP contribution is 2.20. The van der Waals surface area contributed by atoms with Crippen LogP contribution in [0.4, 0.5) is 0 Å². The zero-order valence-electron chi connectivity index (χ0n) is 12.0. The first-order chi connectivity index (χ1) is 9.00. The standard InChI is InChI=1S/C17H22O2/c1-13(8-7-9-14(2)18)12-17(15(3)19)16-10-5-4-6-11-16/h4-6,10-13H,7-9H2,1-3H3/b17-12+. The molecule has 1 unspecified atom stereocenters. The van der Waals surface area contributed by atoms with Crippen molar-refractivity contribution < 1.29 is 9.59 Å². The molecule has 0 saturated carbocycles. The number of Topliss-reactive ketones (excluding diaryl/α,β-unsaturated/α-hetero) is 2. The number of benzene rings is 1. The molecule has 0 bridgehead atoms. The average Bonchev–Trinajstić information content (AvgIpc) is 2.36. The van der Waals surface area contributed by atoms with Gasteiger partial charge in [-0.2, -0.15) is 0 Å². The van der Waals surface area contributed by atoms with Gasteiger partial charge in [-0.3, -0.25) is 4.79 Å². The third-order valence-corrected chi connectivity index (χ3v) is 3.10. The van der Waals surface area contributed by atoms with E-state index in [-0.39, 0.29) is 11.6 Å². The molecule has 2 heteroatoms. The van der Waals surface area contributed by atoms with Crippen molar-refractivity contribution >= 4 is 17.1 Å². The van der Waals surface area contributed by atoms with E-state index in [2.05, 4.69) is 6.92 Å². The van der Waals surface area contributed by atoms with E-state index in [0.29, 0.717) is 12.3 Å². The van der Waals surface area contributed by atoms with Crippen LogP contribution in [0, 0.1) is 5.92 Å². The minimum absolute atomic E-state index is 0.0876. The molecule has 0 spiro atoms. The molecular weight excluding hydrogens is 236 g/mol. The molecule has 0 fully saturated rings. The maximum atomic E-state index is 11.7. The molecule has 1 rings (SSSR count). The van der Waals surface area contributed by atoms with Crippen LogP contribution in [0.2, 0.25) is 0 Å². The summed E-state index contributed by atoms with van der Waals surface area (Å²) in [6.45, 7) is 5.30. The molecule has 0 aliphatic rings. The number of rotatable bonds is 7. The molecule has 0 amide bonds. The number of carbonyl (C=O) groups is 2. The Balaban J connectivity index is 2.74.